The molecule has 1 aromatic carbocycles. The fourth-order valence-corrected chi connectivity index (χ4v) is 2.51. The van der Waals surface area contributed by atoms with Crippen LogP contribution >= 0.6 is 0 Å². The Labute approximate surface area is 109 Å². The van der Waals surface area contributed by atoms with E-state index >= 15 is 0 Å². The molecule has 3 nitrogen and oxygen atoms in total. The summed E-state index contributed by atoms with van der Waals surface area (Å²) in [6.07, 6.45) is 3.91. The van der Waals surface area contributed by atoms with Crippen molar-refractivity contribution in [3.63, 3.8) is 0 Å². The Morgan fingerprint density at radius 1 is 1.39 bits per heavy atom. The molecule has 1 amide bonds. The highest BCUT2D eigenvalue weighted by Crippen LogP contribution is 2.30. The van der Waals surface area contributed by atoms with Crippen LogP contribution in [0.3, 0.4) is 0 Å². The Bertz CT molecular complexity index is 387. The summed E-state index contributed by atoms with van der Waals surface area (Å²) in [7, 11) is 0. The van der Waals surface area contributed by atoms with Crippen LogP contribution in [-0.2, 0) is 4.79 Å². The van der Waals surface area contributed by atoms with E-state index in [2.05, 4.69) is 24.0 Å². The number of nitrogens with two attached hydrogens (primary N) is 1. The molecule has 1 aliphatic rings. The molecule has 1 fully saturated rings. The van der Waals surface area contributed by atoms with Crippen molar-refractivity contribution >= 4 is 5.91 Å². The molecule has 0 aliphatic heterocycles. The number of nitrogens with zero attached hydrogens (tertiary/aromatic N) is 1. The number of rotatable bonds is 6. The molecule has 98 valence electrons. The Morgan fingerprint density at radius 3 is 2.56 bits per heavy atom. The van der Waals surface area contributed by atoms with Gasteiger partial charge in [0.05, 0.1) is 6.54 Å². The van der Waals surface area contributed by atoms with Crippen LogP contribution < -0.4 is 5.73 Å². The van der Waals surface area contributed by atoms with Gasteiger partial charge >= 0.3 is 0 Å². The maximum absolute atomic E-state index is 11.2. The van der Waals surface area contributed by atoms with E-state index in [0.717, 1.165) is 12.5 Å². The lowest BCUT2D eigenvalue weighted by Gasteiger charge is -2.35. The van der Waals surface area contributed by atoms with Gasteiger partial charge in [-0.05, 0) is 31.2 Å². The van der Waals surface area contributed by atoms with Gasteiger partial charge in [-0.2, -0.15) is 0 Å². The smallest absolute Gasteiger partial charge is 0.231 e. The van der Waals surface area contributed by atoms with E-state index in [-0.39, 0.29) is 11.9 Å². The first-order chi connectivity index (χ1) is 8.66. The van der Waals surface area contributed by atoms with E-state index < -0.39 is 0 Å². The Kier molecular flexibility index (Phi) is 4.37. The van der Waals surface area contributed by atoms with Crippen LogP contribution in [0, 0.1) is 5.92 Å². The van der Waals surface area contributed by atoms with Crippen molar-refractivity contribution in [3.8, 4) is 0 Å². The topological polar surface area (TPSA) is 46.3 Å². The van der Waals surface area contributed by atoms with E-state index in [9.17, 15) is 4.79 Å². The molecule has 0 radical (unpaired) electrons. The van der Waals surface area contributed by atoms with Gasteiger partial charge in [0.25, 0.3) is 0 Å². The van der Waals surface area contributed by atoms with Gasteiger partial charge in [-0.3, -0.25) is 9.69 Å². The number of primary amides is 1. The summed E-state index contributed by atoms with van der Waals surface area (Å²) in [6.45, 7) is 3.49. The molecule has 2 N–H and O–H groups in total. The minimum Gasteiger partial charge on any atom is -0.369 e. The van der Waals surface area contributed by atoms with Crippen LogP contribution in [0.1, 0.15) is 37.8 Å². The summed E-state index contributed by atoms with van der Waals surface area (Å²) < 4.78 is 0. The van der Waals surface area contributed by atoms with Crippen molar-refractivity contribution in [2.24, 2.45) is 11.7 Å². The predicted octanol–water partition coefficient (Wildman–Crippen LogP) is 2.33. The van der Waals surface area contributed by atoms with Gasteiger partial charge in [-0.15, -0.1) is 0 Å². The molecule has 2 rings (SSSR count). The molecule has 0 saturated heterocycles. The van der Waals surface area contributed by atoms with Gasteiger partial charge in [0.15, 0.2) is 0 Å². The third kappa shape index (κ3) is 3.33. The number of carbonyl (C=O) groups excluding carboxylic acids is 1. The summed E-state index contributed by atoms with van der Waals surface area (Å²) in [4.78, 5) is 13.4. The van der Waals surface area contributed by atoms with E-state index in [1.165, 1.54) is 24.8 Å². The molecular formula is C15H22N2O. The van der Waals surface area contributed by atoms with Gasteiger partial charge in [-0.1, -0.05) is 36.8 Å². The Balaban J connectivity index is 2.04. The third-order valence-corrected chi connectivity index (χ3v) is 3.91. The molecule has 1 aliphatic carbocycles. The monoisotopic (exact) mass is 246 g/mol. The van der Waals surface area contributed by atoms with E-state index in [4.69, 9.17) is 5.73 Å². The van der Waals surface area contributed by atoms with Gasteiger partial charge in [-0.25, -0.2) is 0 Å². The largest absolute Gasteiger partial charge is 0.369 e. The zero-order chi connectivity index (χ0) is 13.0. The van der Waals surface area contributed by atoms with Gasteiger partial charge in [0, 0.05) is 12.6 Å². The number of carbonyl (C=O) groups is 1. The molecule has 0 heterocycles. The molecular weight excluding hydrogens is 224 g/mol. The highest BCUT2D eigenvalue weighted by Gasteiger charge is 2.25. The van der Waals surface area contributed by atoms with Crippen molar-refractivity contribution in [2.45, 2.75) is 32.2 Å². The maximum Gasteiger partial charge on any atom is 0.231 e. The molecule has 1 atom stereocenters. The van der Waals surface area contributed by atoms with Crippen LogP contribution in [0.5, 0.6) is 0 Å². The summed E-state index contributed by atoms with van der Waals surface area (Å²) >= 11 is 0. The van der Waals surface area contributed by atoms with Gasteiger partial charge < -0.3 is 5.73 Å². The summed E-state index contributed by atoms with van der Waals surface area (Å²) in [5, 5.41) is 0. The zero-order valence-corrected chi connectivity index (χ0v) is 11.0. The summed E-state index contributed by atoms with van der Waals surface area (Å²) in [6, 6.07) is 10.6. The SMILES string of the molecule is C[C@@H](c1ccccc1)N(CC(N)=O)CC1CCC1. The number of hydrogen-bond donors (Lipinski definition) is 1. The van der Waals surface area contributed by atoms with Crippen LogP contribution in [0.4, 0.5) is 0 Å². The maximum atomic E-state index is 11.2. The first-order valence-corrected chi connectivity index (χ1v) is 6.74. The summed E-state index contributed by atoms with van der Waals surface area (Å²) in [5.41, 5.74) is 6.61. The van der Waals surface area contributed by atoms with E-state index in [1.54, 1.807) is 0 Å². The second kappa shape index (κ2) is 6.01. The highest BCUT2D eigenvalue weighted by atomic mass is 16.1. The third-order valence-electron chi connectivity index (χ3n) is 3.91. The zero-order valence-electron chi connectivity index (χ0n) is 11.0. The number of amides is 1. The highest BCUT2D eigenvalue weighted by molar-refractivity contribution is 5.76. The standard InChI is InChI=1S/C15H22N2O/c1-12(14-8-3-2-4-9-14)17(11-15(16)18)10-13-6-5-7-13/h2-4,8-9,12-13H,5-7,10-11H2,1H3,(H2,16,18)/t12-/m0/s1. The normalized spacial score (nSPS) is 17.4. The van der Waals surface area contributed by atoms with Crippen LogP contribution in [0.25, 0.3) is 0 Å². The molecule has 3 heteroatoms. The first-order valence-electron chi connectivity index (χ1n) is 6.74. The molecule has 0 spiro atoms. The molecule has 0 aromatic heterocycles. The summed E-state index contributed by atoms with van der Waals surface area (Å²) in [5.74, 6) is 0.507. The lowest BCUT2D eigenvalue weighted by atomic mass is 9.84. The molecule has 0 bridgehead atoms. The number of benzene rings is 1. The predicted molar refractivity (Wildman–Crippen MR) is 73.0 cm³/mol. The van der Waals surface area contributed by atoms with Crippen LogP contribution in [-0.4, -0.2) is 23.9 Å². The molecule has 1 aromatic rings. The van der Waals surface area contributed by atoms with Crippen molar-refractivity contribution in [2.75, 3.05) is 13.1 Å². The number of hydrogen-bond acceptors (Lipinski definition) is 2. The average Bonchev–Trinajstić information content (AvgIpc) is 2.32. The lowest BCUT2D eigenvalue weighted by molar-refractivity contribution is -0.120. The van der Waals surface area contributed by atoms with E-state index in [1.807, 2.05) is 18.2 Å². The van der Waals surface area contributed by atoms with Crippen molar-refractivity contribution in [1.29, 1.82) is 0 Å². The average molecular weight is 246 g/mol. The minimum absolute atomic E-state index is 0.239. The Hall–Kier alpha value is -1.35. The van der Waals surface area contributed by atoms with Crippen molar-refractivity contribution < 1.29 is 4.79 Å². The molecule has 18 heavy (non-hydrogen) atoms. The van der Waals surface area contributed by atoms with Gasteiger partial charge in [0.2, 0.25) is 5.91 Å². The quantitative estimate of drug-likeness (QED) is 0.837. The second-order valence-corrected chi connectivity index (χ2v) is 5.28. The molecule has 1 saturated carbocycles. The van der Waals surface area contributed by atoms with Crippen LogP contribution in [0.15, 0.2) is 30.3 Å². The lowest BCUT2D eigenvalue weighted by Crippen LogP contribution is -2.40. The van der Waals surface area contributed by atoms with Crippen molar-refractivity contribution in [1.82, 2.24) is 4.90 Å². The van der Waals surface area contributed by atoms with E-state index in [0.29, 0.717) is 6.54 Å². The fraction of sp³-hybridized carbons (Fsp3) is 0.533. The van der Waals surface area contributed by atoms with Crippen LogP contribution in [0.2, 0.25) is 0 Å². The van der Waals surface area contributed by atoms with Crippen molar-refractivity contribution in [3.05, 3.63) is 35.9 Å². The second-order valence-electron chi connectivity index (χ2n) is 5.28. The minimum atomic E-state index is -0.239. The van der Waals surface area contributed by atoms with Gasteiger partial charge in [0.1, 0.15) is 0 Å². The Morgan fingerprint density at radius 2 is 2.06 bits per heavy atom. The molecule has 0 unspecified atom stereocenters. The fourth-order valence-electron chi connectivity index (χ4n) is 2.51. The first kappa shape index (κ1) is 13.1.